The fourth-order valence-electron chi connectivity index (χ4n) is 4.75. The first-order valence-electron chi connectivity index (χ1n) is 13.0. The molecule has 0 bridgehead atoms. The molecule has 5 rings (SSSR count). The van der Waals surface area contributed by atoms with Crippen LogP contribution in [0.3, 0.4) is 0 Å². The van der Waals surface area contributed by atoms with Crippen molar-refractivity contribution < 1.29 is 26.7 Å². The largest absolute Gasteiger partial charge is 0.490 e. The minimum absolute atomic E-state index is 0.00593. The molecule has 1 unspecified atom stereocenters. The third-order valence-electron chi connectivity index (χ3n) is 6.60. The Hall–Kier alpha value is -4.06. The van der Waals surface area contributed by atoms with Gasteiger partial charge in [0.05, 0.1) is 7.18 Å². The first kappa shape index (κ1) is 29.9. The molecule has 0 radical (unpaired) electrons. The number of hydrogen-bond acceptors (Lipinski definition) is 6. The Labute approximate surface area is 234 Å². The average Bonchev–Trinajstić information content (AvgIpc) is 3.33. The first-order chi connectivity index (χ1) is 19.7. The molecule has 1 atom stereocenters. The maximum absolute atomic E-state index is 14.6. The molecule has 0 spiro atoms. The molecule has 0 amide bonds. The minimum Gasteiger partial charge on any atom is -0.490 e. The van der Waals surface area contributed by atoms with Crippen molar-refractivity contribution in [2.45, 2.75) is 44.8 Å². The zero-order chi connectivity index (χ0) is 29.6. The molecule has 4 aromatic rings. The number of rotatable bonds is 7. The van der Waals surface area contributed by atoms with Gasteiger partial charge in [0, 0.05) is 37.7 Å². The van der Waals surface area contributed by atoms with E-state index < -0.39 is 18.2 Å². The van der Waals surface area contributed by atoms with E-state index in [2.05, 4.69) is 19.9 Å². The second-order valence-electron chi connectivity index (χ2n) is 9.50. The second kappa shape index (κ2) is 13.1. The highest BCUT2D eigenvalue weighted by molar-refractivity contribution is 5.77. The summed E-state index contributed by atoms with van der Waals surface area (Å²) < 4.78 is 71.4. The number of nitrogens with two attached hydrogens (primary N) is 1. The van der Waals surface area contributed by atoms with Crippen LogP contribution in [0.15, 0.2) is 60.9 Å². The van der Waals surface area contributed by atoms with Crippen LogP contribution in [0, 0.1) is 0 Å². The van der Waals surface area contributed by atoms with E-state index in [1.165, 1.54) is 6.20 Å². The summed E-state index contributed by atoms with van der Waals surface area (Å²) in [6.07, 6.45) is 0.0209. The highest BCUT2D eigenvalue weighted by Gasteiger charge is 2.45. The van der Waals surface area contributed by atoms with Crippen LogP contribution in [0.4, 0.5) is 27.8 Å². The summed E-state index contributed by atoms with van der Waals surface area (Å²) in [4.78, 5) is 14.6. The van der Waals surface area contributed by atoms with E-state index in [9.17, 15) is 22.0 Å². The lowest BCUT2D eigenvalue weighted by Gasteiger charge is -2.32. The molecule has 1 aliphatic rings. The van der Waals surface area contributed by atoms with Crippen LogP contribution in [-0.4, -0.2) is 57.0 Å². The number of fused-ring (bicyclic) bond motifs is 1. The summed E-state index contributed by atoms with van der Waals surface area (Å²) in [7, 11) is 0.500. The van der Waals surface area contributed by atoms with E-state index in [1.54, 1.807) is 48.7 Å². The number of aromatic nitrogens is 4. The maximum Gasteiger partial charge on any atom is 0.427 e. The molecule has 2 N–H and O–H groups in total. The molecule has 218 valence electrons. The number of likely N-dealkylation sites (tertiary alicyclic amines) is 1. The number of halogens is 5. The van der Waals surface area contributed by atoms with Crippen molar-refractivity contribution in [1.82, 2.24) is 24.4 Å². The number of nitrogens with zero attached hydrogens (tertiary/aromatic N) is 5. The second-order valence-corrected chi connectivity index (χ2v) is 9.50. The fourth-order valence-corrected chi connectivity index (χ4v) is 4.75. The molecule has 1 aliphatic heterocycles. The van der Waals surface area contributed by atoms with Gasteiger partial charge in [-0.25, -0.2) is 19.3 Å². The number of piperidine rings is 1. The van der Waals surface area contributed by atoms with Crippen LogP contribution in [-0.2, 0) is 6.54 Å². The average molecular weight is 575 g/mol. The third-order valence-corrected chi connectivity index (χ3v) is 6.60. The van der Waals surface area contributed by atoms with Gasteiger partial charge < -0.3 is 10.5 Å². The lowest BCUT2D eigenvalue weighted by Crippen LogP contribution is -2.37. The molecule has 7 nitrogen and oxygen atoms in total. The molecule has 0 aliphatic carbocycles. The molecular formula is C29H31F5N6O. The Bertz CT molecular complexity index is 1460. The van der Waals surface area contributed by atoms with E-state index >= 15 is 0 Å². The molecule has 1 saturated heterocycles. The van der Waals surface area contributed by atoms with Crippen LogP contribution >= 0.6 is 0 Å². The number of hydrogen-bond donors (Lipinski definition) is 1. The number of ether oxygens (including phenoxy) is 1. The standard InChI is InChI=1S/C28H28F4N6O.CH3F/c1-2-3-18-14-23-26(35-16-18)38(27(36-23)25(29)28(30,31)32)20-4-6-21(7-5-20)39-22-9-12-37(13-10-22)17-19-8-11-34-24(33)15-19;1-2/h2-8,11,14-16,22,25H,9-10,12-13,17H2,1H3,(H2,33,34);1H3/b3-2+;. The topological polar surface area (TPSA) is 82.1 Å². The summed E-state index contributed by atoms with van der Waals surface area (Å²) >= 11 is 0. The molecule has 1 fully saturated rings. The molecule has 41 heavy (non-hydrogen) atoms. The number of alkyl halides is 5. The normalized spacial score (nSPS) is 15.6. The predicted octanol–water partition coefficient (Wildman–Crippen LogP) is 6.63. The zero-order valence-electron chi connectivity index (χ0n) is 22.7. The van der Waals surface area contributed by atoms with E-state index in [4.69, 9.17) is 10.5 Å². The molecule has 4 heterocycles. The van der Waals surface area contributed by atoms with Crippen LogP contribution in [0.2, 0.25) is 0 Å². The Morgan fingerprint density at radius 2 is 1.78 bits per heavy atom. The minimum atomic E-state index is -5.10. The fraction of sp³-hybridized carbons (Fsp3) is 0.345. The molecule has 12 heteroatoms. The highest BCUT2D eigenvalue weighted by atomic mass is 19.4. The zero-order valence-corrected chi connectivity index (χ0v) is 22.7. The highest BCUT2D eigenvalue weighted by Crippen LogP contribution is 2.38. The van der Waals surface area contributed by atoms with Gasteiger partial charge in [0.25, 0.3) is 6.17 Å². The van der Waals surface area contributed by atoms with E-state index in [0.717, 1.165) is 42.6 Å². The van der Waals surface area contributed by atoms with Crippen LogP contribution in [0.1, 0.15) is 42.9 Å². The monoisotopic (exact) mass is 574 g/mol. The van der Waals surface area contributed by atoms with E-state index in [1.807, 2.05) is 19.1 Å². The third kappa shape index (κ3) is 7.18. The van der Waals surface area contributed by atoms with Crippen molar-refractivity contribution in [1.29, 1.82) is 0 Å². The van der Waals surface area contributed by atoms with Gasteiger partial charge in [0.15, 0.2) is 11.5 Å². The number of benzene rings is 1. The van der Waals surface area contributed by atoms with Gasteiger partial charge in [-0.1, -0.05) is 12.2 Å². The van der Waals surface area contributed by atoms with Gasteiger partial charge in [-0.15, -0.1) is 0 Å². The van der Waals surface area contributed by atoms with Gasteiger partial charge in [-0.05, 0) is 73.4 Å². The Kier molecular flexibility index (Phi) is 9.53. The molecular weight excluding hydrogens is 543 g/mol. The first-order valence-corrected chi connectivity index (χ1v) is 13.0. The smallest absolute Gasteiger partial charge is 0.427 e. The summed E-state index contributed by atoms with van der Waals surface area (Å²) in [5.74, 6) is 0.320. The number of imidazole rings is 1. The van der Waals surface area contributed by atoms with Crippen molar-refractivity contribution in [3.63, 3.8) is 0 Å². The van der Waals surface area contributed by atoms with Crippen molar-refractivity contribution in [3.8, 4) is 11.4 Å². The van der Waals surface area contributed by atoms with Gasteiger partial charge in [-0.3, -0.25) is 13.9 Å². The van der Waals surface area contributed by atoms with Crippen molar-refractivity contribution in [2.24, 2.45) is 0 Å². The predicted molar refractivity (Wildman–Crippen MR) is 148 cm³/mol. The molecule has 1 aromatic carbocycles. The summed E-state index contributed by atoms with van der Waals surface area (Å²) in [6.45, 7) is 4.30. The Balaban J connectivity index is 0.00000189. The van der Waals surface area contributed by atoms with Crippen LogP contribution in [0.25, 0.3) is 22.9 Å². The SMILES string of the molecule is C/C=C/c1cnc2c(c1)nc(C(F)C(F)(F)F)n2-c1ccc(OC2CCN(Cc3ccnc(N)c3)CC2)cc1.CF. The quantitative estimate of drug-likeness (QED) is 0.250. The van der Waals surface area contributed by atoms with E-state index in [-0.39, 0.29) is 17.3 Å². The van der Waals surface area contributed by atoms with Gasteiger partial charge in [-0.2, -0.15) is 13.2 Å². The van der Waals surface area contributed by atoms with Crippen LogP contribution in [0.5, 0.6) is 5.75 Å². The lowest BCUT2D eigenvalue weighted by atomic mass is 10.1. The van der Waals surface area contributed by atoms with E-state index in [0.29, 0.717) is 30.0 Å². The van der Waals surface area contributed by atoms with Gasteiger partial charge in [0.2, 0.25) is 0 Å². The van der Waals surface area contributed by atoms with Crippen molar-refractivity contribution >= 4 is 23.1 Å². The lowest BCUT2D eigenvalue weighted by molar-refractivity contribution is -0.185. The van der Waals surface area contributed by atoms with Gasteiger partial charge >= 0.3 is 6.18 Å². The number of pyridine rings is 2. The number of anilines is 1. The number of nitrogen functional groups attached to an aromatic ring is 1. The molecule has 3 aromatic heterocycles. The number of allylic oxidation sites excluding steroid dienone is 1. The molecule has 0 saturated carbocycles. The summed E-state index contributed by atoms with van der Waals surface area (Å²) in [5, 5.41) is 0. The Morgan fingerprint density at radius 3 is 2.41 bits per heavy atom. The maximum atomic E-state index is 14.6. The summed E-state index contributed by atoms with van der Waals surface area (Å²) in [6, 6.07) is 11.9. The van der Waals surface area contributed by atoms with Crippen LogP contribution < -0.4 is 10.5 Å². The Morgan fingerprint density at radius 1 is 1.07 bits per heavy atom. The van der Waals surface area contributed by atoms with Crippen molar-refractivity contribution in [3.05, 3.63) is 77.9 Å². The summed E-state index contributed by atoms with van der Waals surface area (Å²) in [5.41, 5.74) is 8.16. The van der Waals surface area contributed by atoms with Crippen molar-refractivity contribution in [2.75, 3.05) is 26.0 Å². The van der Waals surface area contributed by atoms with Gasteiger partial charge in [0.1, 0.15) is 23.2 Å².